The topological polar surface area (TPSA) is 47.0 Å². The maximum atomic E-state index is 12.3. The summed E-state index contributed by atoms with van der Waals surface area (Å²) in [5, 5.41) is 2.96. The Balaban J connectivity index is 2.22. The summed E-state index contributed by atoms with van der Waals surface area (Å²) in [6, 6.07) is 15.9. The van der Waals surface area contributed by atoms with E-state index in [0.717, 1.165) is 28.3 Å². The molecule has 0 aliphatic heterocycles. The van der Waals surface area contributed by atoms with E-state index < -0.39 is 0 Å². The zero-order valence-corrected chi connectivity index (χ0v) is 13.6. The Hall–Kier alpha value is -2.75. The molecule has 2 aromatic carbocycles. The summed E-state index contributed by atoms with van der Waals surface area (Å²) in [6.45, 7) is 4.06. The van der Waals surface area contributed by atoms with Gasteiger partial charge in [0.15, 0.2) is 0 Å². The van der Waals surface area contributed by atoms with Crippen molar-refractivity contribution < 1.29 is 4.74 Å². The van der Waals surface area contributed by atoms with Gasteiger partial charge in [0.25, 0.3) is 5.56 Å². The van der Waals surface area contributed by atoms with Gasteiger partial charge in [-0.25, -0.2) is 0 Å². The van der Waals surface area contributed by atoms with Crippen molar-refractivity contribution in [1.29, 1.82) is 0 Å². The number of aromatic amines is 1. The number of aromatic nitrogens is 2. The molecular formula is C19H20N2O2. The fourth-order valence-corrected chi connectivity index (χ4v) is 2.82. The van der Waals surface area contributed by atoms with Crippen molar-refractivity contribution in [3.8, 4) is 22.7 Å². The summed E-state index contributed by atoms with van der Waals surface area (Å²) < 4.78 is 7.06. The number of hydrogen-bond acceptors (Lipinski definition) is 2. The van der Waals surface area contributed by atoms with Gasteiger partial charge in [-0.2, -0.15) is 0 Å². The minimum atomic E-state index is -0.0418. The highest BCUT2D eigenvalue weighted by atomic mass is 16.5. The van der Waals surface area contributed by atoms with Crippen LogP contribution in [-0.4, -0.2) is 16.9 Å². The van der Waals surface area contributed by atoms with Gasteiger partial charge in [-0.1, -0.05) is 30.7 Å². The van der Waals surface area contributed by atoms with Gasteiger partial charge >= 0.3 is 0 Å². The van der Waals surface area contributed by atoms with Gasteiger partial charge in [-0.15, -0.1) is 0 Å². The standard InChI is InChI=1S/C19H20N2O2/c1-4-17-18(14-7-5-6-13(2)12-14)21(20-19(17)22)15-8-10-16(23-3)11-9-15/h5-12H,4H2,1-3H3,(H,20,22). The average Bonchev–Trinajstić information content (AvgIpc) is 2.91. The van der Waals surface area contributed by atoms with Crippen molar-refractivity contribution >= 4 is 0 Å². The molecule has 0 bridgehead atoms. The van der Waals surface area contributed by atoms with Crippen LogP contribution in [0.25, 0.3) is 16.9 Å². The summed E-state index contributed by atoms with van der Waals surface area (Å²) in [4.78, 5) is 12.3. The molecule has 0 radical (unpaired) electrons. The molecule has 0 amide bonds. The van der Waals surface area contributed by atoms with Gasteiger partial charge in [0.1, 0.15) is 5.75 Å². The first-order valence-corrected chi connectivity index (χ1v) is 7.69. The fraction of sp³-hybridized carbons (Fsp3) is 0.211. The summed E-state index contributed by atoms with van der Waals surface area (Å²) in [6.07, 6.45) is 0.682. The number of hydrogen-bond donors (Lipinski definition) is 1. The Labute approximate surface area is 135 Å². The zero-order valence-electron chi connectivity index (χ0n) is 13.6. The van der Waals surface area contributed by atoms with Crippen LogP contribution in [0.2, 0.25) is 0 Å². The molecule has 0 atom stereocenters. The molecule has 0 saturated carbocycles. The molecule has 4 nitrogen and oxygen atoms in total. The van der Waals surface area contributed by atoms with Gasteiger partial charge < -0.3 is 4.74 Å². The predicted molar refractivity (Wildman–Crippen MR) is 92.5 cm³/mol. The first-order valence-electron chi connectivity index (χ1n) is 7.69. The van der Waals surface area contributed by atoms with Crippen LogP contribution in [0.4, 0.5) is 0 Å². The molecular weight excluding hydrogens is 288 g/mol. The van der Waals surface area contributed by atoms with Crippen LogP contribution in [0, 0.1) is 6.92 Å². The van der Waals surface area contributed by atoms with E-state index in [4.69, 9.17) is 4.74 Å². The molecule has 23 heavy (non-hydrogen) atoms. The third kappa shape index (κ3) is 2.80. The molecule has 0 spiro atoms. The van der Waals surface area contributed by atoms with Crippen molar-refractivity contribution in [2.75, 3.05) is 7.11 Å². The highest BCUT2D eigenvalue weighted by Gasteiger charge is 2.16. The number of ether oxygens (including phenoxy) is 1. The molecule has 1 heterocycles. The summed E-state index contributed by atoms with van der Waals surface area (Å²) in [5.41, 5.74) is 4.78. The third-order valence-corrected chi connectivity index (χ3v) is 3.97. The van der Waals surface area contributed by atoms with Crippen molar-refractivity contribution in [3.05, 3.63) is 70.0 Å². The predicted octanol–water partition coefficient (Wildman–Crippen LogP) is 3.71. The lowest BCUT2D eigenvalue weighted by Gasteiger charge is -2.11. The van der Waals surface area contributed by atoms with Crippen molar-refractivity contribution in [1.82, 2.24) is 9.78 Å². The molecule has 1 N–H and O–H groups in total. The Bertz CT molecular complexity index is 873. The Kier molecular flexibility index (Phi) is 4.06. The van der Waals surface area contributed by atoms with Gasteiger partial charge in [-0.05, 0) is 43.7 Å². The summed E-state index contributed by atoms with van der Waals surface area (Å²) in [7, 11) is 1.64. The minimum Gasteiger partial charge on any atom is -0.497 e. The molecule has 0 aliphatic carbocycles. The largest absolute Gasteiger partial charge is 0.497 e. The molecule has 1 aromatic heterocycles. The smallest absolute Gasteiger partial charge is 0.268 e. The molecule has 0 fully saturated rings. The van der Waals surface area contributed by atoms with E-state index in [9.17, 15) is 4.79 Å². The minimum absolute atomic E-state index is 0.0418. The van der Waals surface area contributed by atoms with Crippen LogP contribution in [0.5, 0.6) is 5.75 Å². The van der Waals surface area contributed by atoms with Crippen LogP contribution in [0.15, 0.2) is 53.3 Å². The van der Waals surface area contributed by atoms with Crippen LogP contribution in [0.1, 0.15) is 18.1 Å². The first-order chi connectivity index (χ1) is 11.1. The second-order valence-corrected chi connectivity index (χ2v) is 5.52. The Morgan fingerprint density at radius 3 is 2.48 bits per heavy atom. The second-order valence-electron chi connectivity index (χ2n) is 5.52. The zero-order chi connectivity index (χ0) is 16.4. The van der Waals surface area contributed by atoms with E-state index in [1.54, 1.807) is 7.11 Å². The van der Waals surface area contributed by atoms with Gasteiger partial charge in [0.2, 0.25) is 0 Å². The quantitative estimate of drug-likeness (QED) is 0.798. The van der Waals surface area contributed by atoms with Gasteiger partial charge in [0, 0.05) is 11.1 Å². The number of aryl methyl sites for hydroxylation is 1. The number of methoxy groups -OCH3 is 1. The highest BCUT2D eigenvalue weighted by Crippen LogP contribution is 2.26. The van der Waals surface area contributed by atoms with E-state index >= 15 is 0 Å². The fourth-order valence-electron chi connectivity index (χ4n) is 2.82. The highest BCUT2D eigenvalue weighted by molar-refractivity contribution is 5.66. The molecule has 0 aliphatic rings. The molecule has 118 valence electrons. The average molecular weight is 308 g/mol. The SMILES string of the molecule is CCc1c(-c2cccc(C)c2)n(-c2ccc(OC)cc2)[nH]c1=O. The van der Waals surface area contributed by atoms with Crippen LogP contribution >= 0.6 is 0 Å². The normalized spacial score (nSPS) is 10.7. The lowest BCUT2D eigenvalue weighted by molar-refractivity contribution is 0.414. The number of nitrogens with zero attached hydrogens (tertiary/aromatic N) is 1. The van der Waals surface area contributed by atoms with E-state index in [1.807, 2.05) is 48.0 Å². The third-order valence-electron chi connectivity index (χ3n) is 3.97. The van der Waals surface area contributed by atoms with Crippen molar-refractivity contribution in [3.63, 3.8) is 0 Å². The number of H-pyrrole nitrogens is 1. The number of nitrogens with one attached hydrogen (secondary N) is 1. The molecule has 4 heteroatoms. The Morgan fingerprint density at radius 2 is 1.87 bits per heavy atom. The maximum absolute atomic E-state index is 12.3. The molecule has 0 unspecified atom stereocenters. The molecule has 3 rings (SSSR count). The lowest BCUT2D eigenvalue weighted by Crippen LogP contribution is -2.06. The van der Waals surface area contributed by atoms with E-state index in [2.05, 4.69) is 24.2 Å². The monoisotopic (exact) mass is 308 g/mol. The molecule has 3 aromatic rings. The van der Waals surface area contributed by atoms with Crippen molar-refractivity contribution in [2.24, 2.45) is 0 Å². The van der Waals surface area contributed by atoms with Crippen LogP contribution in [0.3, 0.4) is 0 Å². The van der Waals surface area contributed by atoms with E-state index in [0.29, 0.717) is 6.42 Å². The van der Waals surface area contributed by atoms with E-state index in [-0.39, 0.29) is 5.56 Å². The van der Waals surface area contributed by atoms with Crippen molar-refractivity contribution in [2.45, 2.75) is 20.3 Å². The Morgan fingerprint density at radius 1 is 1.13 bits per heavy atom. The van der Waals surface area contributed by atoms with Crippen LogP contribution in [-0.2, 0) is 6.42 Å². The van der Waals surface area contributed by atoms with E-state index in [1.165, 1.54) is 5.56 Å². The summed E-state index contributed by atoms with van der Waals surface area (Å²) >= 11 is 0. The number of rotatable bonds is 4. The maximum Gasteiger partial charge on any atom is 0.268 e. The van der Waals surface area contributed by atoms with Gasteiger partial charge in [-0.3, -0.25) is 14.6 Å². The second kappa shape index (κ2) is 6.16. The van der Waals surface area contributed by atoms with Crippen LogP contribution < -0.4 is 10.3 Å². The first kappa shape index (κ1) is 15.2. The number of benzene rings is 2. The molecule has 0 saturated heterocycles. The van der Waals surface area contributed by atoms with Gasteiger partial charge in [0.05, 0.1) is 18.5 Å². The lowest BCUT2D eigenvalue weighted by atomic mass is 10.0. The summed E-state index contributed by atoms with van der Waals surface area (Å²) in [5.74, 6) is 0.788.